The summed E-state index contributed by atoms with van der Waals surface area (Å²) < 4.78 is 0. The Bertz CT molecular complexity index is 364. The number of hydrogen-bond donors (Lipinski definition) is 2. The summed E-state index contributed by atoms with van der Waals surface area (Å²) in [5.74, 6) is -0.321. The van der Waals surface area contributed by atoms with E-state index in [4.69, 9.17) is 0 Å². The third kappa shape index (κ3) is 3.61. The molecule has 2 aliphatic rings. The zero-order valence-corrected chi connectivity index (χ0v) is 11.8. The lowest BCUT2D eigenvalue weighted by Crippen LogP contribution is -2.56. The van der Waals surface area contributed by atoms with Crippen molar-refractivity contribution in [2.75, 3.05) is 6.54 Å². The number of nitrogens with zero attached hydrogens (tertiary/aromatic N) is 1. The van der Waals surface area contributed by atoms with E-state index in [1.165, 1.54) is 12.8 Å². The molecule has 2 saturated carbocycles. The van der Waals surface area contributed by atoms with Gasteiger partial charge in [-0.25, -0.2) is 9.59 Å². The first kappa shape index (κ1) is 14.2. The number of carbonyl (C=O) groups excluding carboxylic acids is 1. The molecule has 0 heterocycles. The minimum Gasteiger partial charge on any atom is -0.480 e. The monoisotopic (exact) mass is 268 g/mol. The average Bonchev–Trinajstić information content (AvgIpc) is 3.19. The molecule has 2 fully saturated rings. The second kappa shape index (κ2) is 5.39. The molecule has 0 radical (unpaired) electrons. The van der Waals surface area contributed by atoms with Crippen molar-refractivity contribution in [1.82, 2.24) is 10.2 Å². The van der Waals surface area contributed by atoms with E-state index in [-0.39, 0.29) is 6.03 Å². The maximum absolute atomic E-state index is 12.3. The first-order valence-corrected chi connectivity index (χ1v) is 7.28. The molecule has 0 aromatic rings. The quantitative estimate of drug-likeness (QED) is 0.743. The van der Waals surface area contributed by atoms with E-state index in [1.807, 2.05) is 11.8 Å². The Kier molecular flexibility index (Phi) is 4.02. The number of amides is 2. The smallest absolute Gasteiger partial charge is 0.329 e. The molecule has 2 N–H and O–H groups in total. The largest absolute Gasteiger partial charge is 0.480 e. The first-order chi connectivity index (χ1) is 8.96. The van der Waals surface area contributed by atoms with Crippen molar-refractivity contribution in [2.24, 2.45) is 5.92 Å². The molecule has 0 aliphatic heterocycles. The summed E-state index contributed by atoms with van der Waals surface area (Å²) in [6, 6.07) is 0.132. The third-order valence-electron chi connectivity index (χ3n) is 4.01. The molecule has 19 heavy (non-hydrogen) atoms. The maximum atomic E-state index is 12.3. The summed E-state index contributed by atoms with van der Waals surface area (Å²) in [6.07, 6.45) is 5.68. The highest BCUT2D eigenvalue weighted by Gasteiger charge is 2.40. The second-order valence-corrected chi connectivity index (χ2v) is 6.14. The molecule has 2 amide bonds. The van der Waals surface area contributed by atoms with Gasteiger partial charge in [0.05, 0.1) is 0 Å². The van der Waals surface area contributed by atoms with E-state index >= 15 is 0 Å². The van der Waals surface area contributed by atoms with Crippen molar-refractivity contribution in [3.8, 4) is 0 Å². The topological polar surface area (TPSA) is 69.6 Å². The number of nitrogens with one attached hydrogen (secondary N) is 1. The molecule has 5 heteroatoms. The van der Waals surface area contributed by atoms with Gasteiger partial charge in [0.1, 0.15) is 5.54 Å². The van der Waals surface area contributed by atoms with Gasteiger partial charge in [-0.2, -0.15) is 0 Å². The Labute approximate surface area is 114 Å². The van der Waals surface area contributed by atoms with Crippen molar-refractivity contribution >= 4 is 12.0 Å². The van der Waals surface area contributed by atoms with Crippen molar-refractivity contribution in [3.05, 3.63) is 0 Å². The molecule has 0 spiro atoms. The van der Waals surface area contributed by atoms with Gasteiger partial charge in [-0.05, 0) is 44.9 Å². The number of rotatable bonds is 7. The number of aliphatic carboxylic acids is 1. The van der Waals surface area contributed by atoms with Gasteiger partial charge in [-0.1, -0.05) is 13.3 Å². The SMILES string of the molecule is CCCC(C)(NC(=O)N(CC1CC1)C1CC1)C(=O)O. The molecule has 0 aromatic carbocycles. The van der Waals surface area contributed by atoms with Gasteiger partial charge in [0, 0.05) is 12.6 Å². The Morgan fingerprint density at radius 3 is 2.37 bits per heavy atom. The van der Waals surface area contributed by atoms with Gasteiger partial charge in [0.15, 0.2) is 0 Å². The van der Waals surface area contributed by atoms with Crippen LogP contribution < -0.4 is 5.32 Å². The molecule has 1 atom stereocenters. The maximum Gasteiger partial charge on any atom is 0.329 e. The van der Waals surface area contributed by atoms with Crippen LogP contribution in [-0.2, 0) is 4.79 Å². The van der Waals surface area contributed by atoms with Crippen molar-refractivity contribution in [3.63, 3.8) is 0 Å². The fourth-order valence-electron chi connectivity index (χ4n) is 2.39. The lowest BCUT2D eigenvalue weighted by atomic mass is 9.96. The van der Waals surface area contributed by atoms with Crippen LogP contribution in [0.5, 0.6) is 0 Å². The van der Waals surface area contributed by atoms with Gasteiger partial charge in [0.25, 0.3) is 0 Å². The van der Waals surface area contributed by atoms with E-state index in [0.29, 0.717) is 18.4 Å². The van der Waals surface area contributed by atoms with Crippen LogP contribution in [0.1, 0.15) is 52.4 Å². The highest BCUT2D eigenvalue weighted by molar-refractivity contribution is 5.86. The second-order valence-electron chi connectivity index (χ2n) is 6.14. The van der Waals surface area contributed by atoms with Gasteiger partial charge in [0.2, 0.25) is 0 Å². The number of carboxylic acids is 1. The number of carbonyl (C=O) groups is 2. The van der Waals surface area contributed by atoms with Crippen molar-refractivity contribution in [2.45, 2.75) is 64.0 Å². The molecule has 0 bridgehead atoms. The third-order valence-corrected chi connectivity index (χ3v) is 4.01. The summed E-state index contributed by atoms with van der Waals surface area (Å²) in [4.78, 5) is 25.5. The van der Waals surface area contributed by atoms with Crippen LogP contribution in [0.15, 0.2) is 0 Å². The summed E-state index contributed by atoms with van der Waals surface area (Å²) in [5.41, 5.74) is -1.15. The van der Waals surface area contributed by atoms with E-state index < -0.39 is 11.5 Å². The van der Waals surface area contributed by atoms with Crippen LogP contribution in [0.25, 0.3) is 0 Å². The van der Waals surface area contributed by atoms with Crippen LogP contribution in [0.4, 0.5) is 4.79 Å². The molecule has 1 unspecified atom stereocenters. The Morgan fingerprint density at radius 1 is 1.32 bits per heavy atom. The van der Waals surface area contributed by atoms with E-state index in [1.54, 1.807) is 6.92 Å². The summed E-state index contributed by atoms with van der Waals surface area (Å²) in [5, 5.41) is 12.0. The highest BCUT2D eigenvalue weighted by Crippen LogP contribution is 2.35. The van der Waals surface area contributed by atoms with Crippen LogP contribution in [-0.4, -0.2) is 40.1 Å². The van der Waals surface area contributed by atoms with E-state index in [2.05, 4.69) is 5.32 Å². The predicted molar refractivity (Wildman–Crippen MR) is 71.9 cm³/mol. The van der Waals surface area contributed by atoms with Gasteiger partial charge >= 0.3 is 12.0 Å². The Hall–Kier alpha value is -1.26. The van der Waals surface area contributed by atoms with Gasteiger partial charge in [-0.15, -0.1) is 0 Å². The fraction of sp³-hybridized carbons (Fsp3) is 0.857. The van der Waals surface area contributed by atoms with Crippen LogP contribution in [0.2, 0.25) is 0 Å². The van der Waals surface area contributed by atoms with Crippen LogP contribution >= 0.6 is 0 Å². The normalized spacial score (nSPS) is 21.6. The van der Waals surface area contributed by atoms with Gasteiger partial charge < -0.3 is 15.3 Å². The molecule has 2 aliphatic carbocycles. The molecule has 0 aromatic heterocycles. The molecule has 0 saturated heterocycles. The lowest BCUT2D eigenvalue weighted by Gasteiger charge is -2.30. The minimum atomic E-state index is -1.15. The lowest BCUT2D eigenvalue weighted by molar-refractivity contribution is -0.144. The summed E-state index contributed by atoms with van der Waals surface area (Å²) in [6.45, 7) is 4.31. The zero-order chi connectivity index (χ0) is 14.0. The fourth-order valence-corrected chi connectivity index (χ4v) is 2.39. The van der Waals surface area contributed by atoms with Crippen molar-refractivity contribution < 1.29 is 14.7 Å². The van der Waals surface area contributed by atoms with Crippen LogP contribution in [0, 0.1) is 5.92 Å². The first-order valence-electron chi connectivity index (χ1n) is 7.28. The molecule has 2 rings (SSSR count). The minimum absolute atomic E-state index is 0.201. The highest BCUT2D eigenvalue weighted by atomic mass is 16.4. The Balaban J connectivity index is 1.97. The predicted octanol–water partition coefficient (Wildman–Crippen LogP) is 2.21. The molecule has 108 valence electrons. The number of urea groups is 1. The van der Waals surface area contributed by atoms with Crippen LogP contribution in [0.3, 0.4) is 0 Å². The Morgan fingerprint density at radius 2 is 1.95 bits per heavy atom. The number of carboxylic acid groups (broad SMARTS) is 1. The molecule has 5 nitrogen and oxygen atoms in total. The zero-order valence-electron chi connectivity index (χ0n) is 11.8. The standard InChI is InChI=1S/C14H24N2O3/c1-3-8-14(2,12(17)18)15-13(19)16(11-6-7-11)9-10-4-5-10/h10-11H,3-9H2,1-2H3,(H,15,19)(H,17,18). The van der Waals surface area contributed by atoms with Gasteiger partial charge in [-0.3, -0.25) is 0 Å². The van der Waals surface area contributed by atoms with E-state index in [0.717, 1.165) is 25.8 Å². The molecular formula is C14H24N2O3. The van der Waals surface area contributed by atoms with E-state index in [9.17, 15) is 14.7 Å². The summed E-state index contributed by atoms with van der Waals surface area (Å²) >= 11 is 0. The average molecular weight is 268 g/mol. The summed E-state index contributed by atoms with van der Waals surface area (Å²) in [7, 11) is 0. The van der Waals surface area contributed by atoms with Crippen molar-refractivity contribution in [1.29, 1.82) is 0 Å². The number of hydrogen-bond acceptors (Lipinski definition) is 2. The molecular weight excluding hydrogens is 244 g/mol.